The van der Waals surface area contributed by atoms with Gasteiger partial charge >= 0.3 is 0 Å². The van der Waals surface area contributed by atoms with Gasteiger partial charge in [-0.05, 0) is 44.1 Å². The molecule has 1 rings (SSSR count). The molecule has 0 aromatic carbocycles. The molecule has 84 valence electrons. The topological polar surface area (TPSA) is 17.1 Å². The van der Waals surface area contributed by atoms with E-state index in [1.807, 2.05) is 13.0 Å². The van der Waals surface area contributed by atoms with Gasteiger partial charge in [-0.3, -0.25) is 4.79 Å². The van der Waals surface area contributed by atoms with Gasteiger partial charge in [-0.15, -0.1) is 0 Å². The van der Waals surface area contributed by atoms with Crippen molar-refractivity contribution < 1.29 is 4.79 Å². The van der Waals surface area contributed by atoms with Gasteiger partial charge in [0, 0.05) is 5.92 Å². The molecule has 1 aliphatic rings. The zero-order valence-corrected chi connectivity index (χ0v) is 10.2. The Hall–Kier alpha value is -0.850. The van der Waals surface area contributed by atoms with Crippen LogP contribution in [-0.4, -0.2) is 5.78 Å². The standard InChI is InChI=1S/C14H22O/c1-5-8-12(15)13-11(3)9-7-10-14(13,4)6-2/h5,8,13H,3,6-7,9-10H2,1-2,4H3. The van der Waals surface area contributed by atoms with Gasteiger partial charge < -0.3 is 0 Å². The van der Waals surface area contributed by atoms with Crippen LogP contribution in [0.25, 0.3) is 0 Å². The molecule has 0 aromatic rings. The third-order valence-electron chi connectivity index (χ3n) is 3.77. The highest BCUT2D eigenvalue weighted by atomic mass is 16.1. The normalized spacial score (nSPS) is 32.2. The van der Waals surface area contributed by atoms with Crippen molar-refractivity contribution in [2.45, 2.75) is 46.5 Å². The van der Waals surface area contributed by atoms with Crippen LogP contribution >= 0.6 is 0 Å². The number of ketones is 1. The van der Waals surface area contributed by atoms with E-state index in [4.69, 9.17) is 0 Å². The largest absolute Gasteiger partial charge is 0.294 e. The number of rotatable bonds is 3. The molecule has 0 bridgehead atoms. The van der Waals surface area contributed by atoms with Crippen LogP contribution in [0, 0.1) is 11.3 Å². The first-order chi connectivity index (χ1) is 7.05. The van der Waals surface area contributed by atoms with Crippen molar-refractivity contribution in [3.05, 3.63) is 24.3 Å². The second-order valence-corrected chi connectivity index (χ2v) is 4.85. The molecule has 0 spiro atoms. The van der Waals surface area contributed by atoms with E-state index < -0.39 is 0 Å². The number of carbonyl (C=O) groups excluding carboxylic acids is 1. The third kappa shape index (κ3) is 2.39. The molecular weight excluding hydrogens is 184 g/mol. The van der Waals surface area contributed by atoms with Gasteiger partial charge in [0.25, 0.3) is 0 Å². The zero-order valence-electron chi connectivity index (χ0n) is 10.2. The van der Waals surface area contributed by atoms with E-state index >= 15 is 0 Å². The molecule has 0 heterocycles. The van der Waals surface area contributed by atoms with Crippen LogP contribution in [-0.2, 0) is 4.79 Å². The molecule has 0 radical (unpaired) electrons. The van der Waals surface area contributed by atoms with Gasteiger partial charge in [-0.1, -0.05) is 32.1 Å². The quantitative estimate of drug-likeness (QED) is 0.505. The SMILES string of the molecule is C=C1CCCC(C)(CC)C1C(=O)C=CC. The average Bonchev–Trinajstić information content (AvgIpc) is 2.18. The van der Waals surface area contributed by atoms with Crippen LogP contribution in [0.15, 0.2) is 24.3 Å². The Bertz CT molecular complexity index is 288. The second kappa shape index (κ2) is 4.78. The number of carbonyl (C=O) groups is 1. The summed E-state index contributed by atoms with van der Waals surface area (Å²) in [5.74, 6) is 0.291. The first-order valence-corrected chi connectivity index (χ1v) is 5.89. The lowest BCUT2D eigenvalue weighted by atomic mass is 9.62. The number of hydrogen-bond acceptors (Lipinski definition) is 1. The van der Waals surface area contributed by atoms with E-state index in [9.17, 15) is 4.79 Å². The van der Waals surface area contributed by atoms with Crippen molar-refractivity contribution in [2.24, 2.45) is 11.3 Å². The third-order valence-corrected chi connectivity index (χ3v) is 3.77. The molecule has 0 amide bonds. The summed E-state index contributed by atoms with van der Waals surface area (Å²) in [6, 6.07) is 0. The average molecular weight is 206 g/mol. The van der Waals surface area contributed by atoms with Gasteiger partial charge in [0.2, 0.25) is 0 Å². The van der Waals surface area contributed by atoms with E-state index in [0.29, 0.717) is 0 Å². The van der Waals surface area contributed by atoms with E-state index in [2.05, 4.69) is 20.4 Å². The fraction of sp³-hybridized carbons (Fsp3) is 0.643. The predicted octanol–water partition coefficient (Wildman–Crippen LogP) is 3.90. The predicted molar refractivity (Wildman–Crippen MR) is 64.7 cm³/mol. The zero-order chi connectivity index (χ0) is 11.5. The summed E-state index contributed by atoms with van der Waals surface area (Å²) in [5.41, 5.74) is 1.26. The summed E-state index contributed by atoms with van der Waals surface area (Å²) in [5, 5.41) is 0. The maximum absolute atomic E-state index is 12.0. The van der Waals surface area contributed by atoms with Gasteiger partial charge in [-0.2, -0.15) is 0 Å². The van der Waals surface area contributed by atoms with Gasteiger partial charge in [-0.25, -0.2) is 0 Å². The molecule has 0 N–H and O–H groups in total. The number of allylic oxidation sites excluding steroid dienone is 3. The van der Waals surface area contributed by atoms with Crippen molar-refractivity contribution in [3.8, 4) is 0 Å². The Morgan fingerprint density at radius 1 is 1.67 bits per heavy atom. The van der Waals surface area contributed by atoms with Crippen LogP contribution in [0.4, 0.5) is 0 Å². The molecular formula is C14H22O. The molecule has 2 atom stereocenters. The Labute approximate surface area is 93.3 Å². The Kier molecular flexibility index (Phi) is 3.90. The molecule has 2 unspecified atom stereocenters. The van der Waals surface area contributed by atoms with Crippen LogP contribution in [0.3, 0.4) is 0 Å². The summed E-state index contributed by atoms with van der Waals surface area (Å²) in [6.07, 6.45) is 7.94. The Morgan fingerprint density at radius 2 is 2.33 bits per heavy atom. The smallest absolute Gasteiger partial charge is 0.162 e. The Morgan fingerprint density at radius 3 is 2.87 bits per heavy atom. The lowest BCUT2D eigenvalue weighted by Crippen LogP contribution is -2.36. The van der Waals surface area contributed by atoms with Crippen molar-refractivity contribution >= 4 is 5.78 Å². The van der Waals surface area contributed by atoms with Crippen molar-refractivity contribution in [3.63, 3.8) is 0 Å². The summed E-state index contributed by atoms with van der Waals surface area (Å²) >= 11 is 0. The lowest BCUT2D eigenvalue weighted by Gasteiger charge is -2.41. The molecule has 0 aliphatic heterocycles. The first-order valence-electron chi connectivity index (χ1n) is 5.89. The molecule has 1 fully saturated rings. The summed E-state index contributed by atoms with van der Waals surface area (Å²) in [4.78, 5) is 12.0. The second-order valence-electron chi connectivity index (χ2n) is 4.85. The van der Waals surface area contributed by atoms with E-state index in [1.54, 1.807) is 6.08 Å². The van der Waals surface area contributed by atoms with Crippen molar-refractivity contribution in [2.75, 3.05) is 0 Å². The van der Waals surface area contributed by atoms with Crippen molar-refractivity contribution in [1.29, 1.82) is 0 Å². The fourth-order valence-corrected chi connectivity index (χ4v) is 2.69. The summed E-state index contributed by atoms with van der Waals surface area (Å²) in [7, 11) is 0. The minimum atomic E-state index is 0.0486. The van der Waals surface area contributed by atoms with Crippen LogP contribution in [0.5, 0.6) is 0 Å². The highest BCUT2D eigenvalue weighted by Gasteiger charge is 2.40. The van der Waals surface area contributed by atoms with E-state index in [-0.39, 0.29) is 17.1 Å². The highest BCUT2D eigenvalue weighted by Crippen LogP contribution is 2.46. The molecule has 0 saturated heterocycles. The maximum atomic E-state index is 12.0. The van der Waals surface area contributed by atoms with Crippen LogP contribution < -0.4 is 0 Å². The maximum Gasteiger partial charge on any atom is 0.162 e. The van der Waals surface area contributed by atoms with Crippen LogP contribution in [0.2, 0.25) is 0 Å². The van der Waals surface area contributed by atoms with Crippen molar-refractivity contribution in [1.82, 2.24) is 0 Å². The first kappa shape index (κ1) is 12.2. The van der Waals surface area contributed by atoms with Gasteiger partial charge in [0.05, 0.1) is 0 Å². The fourth-order valence-electron chi connectivity index (χ4n) is 2.69. The molecule has 1 nitrogen and oxygen atoms in total. The highest BCUT2D eigenvalue weighted by molar-refractivity contribution is 5.94. The molecule has 1 aliphatic carbocycles. The monoisotopic (exact) mass is 206 g/mol. The minimum Gasteiger partial charge on any atom is -0.294 e. The van der Waals surface area contributed by atoms with E-state index in [1.165, 1.54) is 6.42 Å². The minimum absolute atomic E-state index is 0.0486. The van der Waals surface area contributed by atoms with Crippen LogP contribution in [0.1, 0.15) is 46.5 Å². The molecule has 15 heavy (non-hydrogen) atoms. The lowest BCUT2D eigenvalue weighted by molar-refractivity contribution is -0.121. The van der Waals surface area contributed by atoms with Gasteiger partial charge in [0.15, 0.2) is 5.78 Å². The van der Waals surface area contributed by atoms with E-state index in [0.717, 1.165) is 24.8 Å². The molecule has 1 heteroatoms. The summed E-state index contributed by atoms with van der Waals surface area (Å²) < 4.78 is 0. The molecule has 1 saturated carbocycles. The van der Waals surface area contributed by atoms with Gasteiger partial charge in [0.1, 0.15) is 0 Å². The molecule has 0 aromatic heterocycles. The Balaban J connectivity index is 2.96. The summed E-state index contributed by atoms with van der Waals surface area (Å²) in [6.45, 7) is 10.4. The number of hydrogen-bond donors (Lipinski definition) is 0.